The van der Waals surface area contributed by atoms with Gasteiger partial charge in [0.2, 0.25) is 0 Å². The fourth-order valence-electron chi connectivity index (χ4n) is 1.02. The molecule has 0 heterocycles. The van der Waals surface area contributed by atoms with Gasteiger partial charge in [-0.3, -0.25) is 0 Å². The second kappa shape index (κ2) is 7.21. The predicted octanol–water partition coefficient (Wildman–Crippen LogP) is 2.81. The van der Waals surface area contributed by atoms with Gasteiger partial charge in [-0.15, -0.1) is 11.8 Å². The molecule has 1 N–H and O–H groups in total. The summed E-state index contributed by atoms with van der Waals surface area (Å²) in [4.78, 5) is 1.33. The summed E-state index contributed by atoms with van der Waals surface area (Å²) >= 11 is 3.68. The van der Waals surface area contributed by atoms with Gasteiger partial charge in [-0.2, -0.15) is 11.8 Å². The van der Waals surface area contributed by atoms with Gasteiger partial charge in [0.1, 0.15) is 0 Å². The molecule has 0 amide bonds. The minimum absolute atomic E-state index is 0.292. The highest BCUT2D eigenvalue weighted by molar-refractivity contribution is 8.02. The maximum absolute atomic E-state index is 8.59. The van der Waals surface area contributed by atoms with Gasteiger partial charge in [-0.05, 0) is 19.1 Å². The number of thioether (sulfide) groups is 2. The normalized spacial score (nSPS) is 10.4. The van der Waals surface area contributed by atoms with E-state index in [9.17, 15) is 0 Å². The van der Waals surface area contributed by atoms with Crippen LogP contribution in [0, 0.1) is 6.92 Å². The standard InChI is InChI=1S/C11H16OS2/c1-10-2-4-11(5-3-10)14-9-8-13-7-6-12/h2-5,12H,6-9H2,1H3. The Labute approximate surface area is 94.3 Å². The molecule has 1 aromatic rings. The van der Waals surface area contributed by atoms with Gasteiger partial charge < -0.3 is 5.11 Å². The van der Waals surface area contributed by atoms with Crippen LogP contribution >= 0.6 is 23.5 Å². The Morgan fingerprint density at radius 2 is 1.79 bits per heavy atom. The van der Waals surface area contributed by atoms with Crippen LogP contribution in [-0.4, -0.2) is 29.0 Å². The molecule has 0 aliphatic carbocycles. The van der Waals surface area contributed by atoms with Crippen molar-refractivity contribution in [1.29, 1.82) is 0 Å². The molecule has 0 aromatic heterocycles. The molecule has 0 spiro atoms. The van der Waals surface area contributed by atoms with Crippen LogP contribution in [0.2, 0.25) is 0 Å². The highest BCUT2D eigenvalue weighted by atomic mass is 32.2. The lowest BCUT2D eigenvalue weighted by Crippen LogP contribution is -1.90. The summed E-state index contributed by atoms with van der Waals surface area (Å²) in [5, 5.41) is 8.59. The average molecular weight is 228 g/mol. The number of hydrogen-bond donors (Lipinski definition) is 1. The van der Waals surface area contributed by atoms with Crippen molar-refractivity contribution < 1.29 is 5.11 Å². The maximum Gasteiger partial charge on any atom is 0.0521 e. The van der Waals surface area contributed by atoms with Crippen LogP contribution < -0.4 is 0 Å². The summed E-state index contributed by atoms with van der Waals surface area (Å²) in [5.74, 6) is 3.08. The predicted molar refractivity (Wildman–Crippen MR) is 66.3 cm³/mol. The molecule has 0 aliphatic heterocycles. The Bertz CT molecular complexity index is 246. The molecule has 1 nitrogen and oxygen atoms in total. The molecule has 0 radical (unpaired) electrons. The SMILES string of the molecule is Cc1ccc(SCCSCCO)cc1. The average Bonchev–Trinajstić information content (AvgIpc) is 2.21. The van der Waals surface area contributed by atoms with E-state index in [0.29, 0.717) is 6.61 Å². The van der Waals surface area contributed by atoms with Gasteiger partial charge in [0.15, 0.2) is 0 Å². The molecule has 0 unspecified atom stereocenters. The molecule has 0 fully saturated rings. The molecular weight excluding hydrogens is 212 g/mol. The molecule has 1 aromatic carbocycles. The zero-order chi connectivity index (χ0) is 10.2. The van der Waals surface area contributed by atoms with E-state index in [1.54, 1.807) is 11.8 Å². The van der Waals surface area contributed by atoms with Crippen molar-refractivity contribution in [3.63, 3.8) is 0 Å². The monoisotopic (exact) mass is 228 g/mol. The van der Waals surface area contributed by atoms with Gasteiger partial charge >= 0.3 is 0 Å². The lowest BCUT2D eigenvalue weighted by molar-refractivity contribution is 0.322. The van der Waals surface area contributed by atoms with Gasteiger partial charge in [0.05, 0.1) is 6.61 Å². The Balaban J connectivity index is 2.15. The minimum atomic E-state index is 0.292. The second-order valence-electron chi connectivity index (χ2n) is 3.00. The van der Waals surface area contributed by atoms with Gasteiger partial charge in [0, 0.05) is 22.2 Å². The molecule has 78 valence electrons. The van der Waals surface area contributed by atoms with Gasteiger partial charge in [-0.1, -0.05) is 17.7 Å². The molecule has 0 saturated carbocycles. The molecule has 3 heteroatoms. The van der Waals surface area contributed by atoms with E-state index in [4.69, 9.17) is 5.11 Å². The summed E-state index contributed by atoms with van der Waals surface area (Å²) in [6.45, 7) is 2.39. The van der Waals surface area contributed by atoms with Gasteiger partial charge in [-0.25, -0.2) is 0 Å². The van der Waals surface area contributed by atoms with Crippen LogP contribution in [-0.2, 0) is 0 Å². The molecule has 1 rings (SSSR count). The summed E-state index contributed by atoms with van der Waals surface area (Å²) in [5.41, 5.74) is 1.31. The molecule has 0 atom stereocenters. The van der Waals surface area contributed by atoms with Crippen molar-refractivity contribution in [2.24, 2.45) is 0 Å². The van der Waals surface area contributed by atoms with E-state index in [-0.39, 0.29) is 0 Å². The summed E-state index contributed by atoms with van der Waals surface area (Å²) in [6, 6.07) is 8.61. The minimum Gasteiger partial charge on any atom is -0.396 e. The largest absolute Gasteiger partial charge is 0.396 e. The number of aryl methyl sites for hydroxylation is 1. The molecule has 14 heavy (non-hydrogen) atoms. The van der Waals surface area contributed by atoms with Gasteiger partial charge in [0.25, 0.3) is 0 Å². The first-order chi connectivity index (χ1) is 6.83. The van der Waals surface area contributed by atoms with Crippen LogP contribution in [0.1, 0.15) is 5.56 Å². The van der Waals surface area contributed by atoms with E-state index < -0.39 is 0 Å². The first kappa shape index (κ1) is 12.0. The van der Waals surface area contributed by atoms with Crippen molar-refractivity contribution >= 4 is 23.5 Å². The zero-order valence-corrected chi connectivity index (χ0v) is 10.0. The van der Waals surface area contributed by atoms with Crippen molar-refractivity contribution in [3.8, 4) is 0 Å². The van der Waals surface area contributed by atoms with E-state index in [1.807, 2.05) is 11.8 Å². The van der Waals surface area contributed by atoms with Crippen molar-refractivity contribution in [2.45, 2.75) is 11.8 Å². The highest BCUT2D eigenvalue weighted by Gasteiger charge is 1.93. The molecule has 0 saturated heterocycles. The molecule has 0 bridgehead atoms. The Morgan fingerprint density at radius 3 is 2.43 bits per heavy atom. The van der Waals surface area contributed by atoms with Crippen LogP contribution in [0.4, 0.5) is 0 Å². The van der Waals surface area contributed by atoms with E-state index >= 15 is 0 Å². The maximum atomic E-state index is 8.59. The first-order valence-corrected chi connectivity index (χ1v) is 6.85. The van der Waals surface area contributed by atoms with Crippen LogP contribution in [0.3, 0.4) is 0 Å². The third-order valence-electron chi connectivity index (χ3n) is 1.75. The second-order valence-corrected chi connectivity index (χ2v) is 5.39. The third-order valence-corrected chi connectivity index (χ3v) is 3.99. The van der Waals surface area contributed by atoms with E-state index in [0.717, 1.165) is 17.3 Å². The Morgan fingerprint density at radius 1 is 1.07 bits per heavy atom. The van der Waals surface area contributed by atoms with Crippen LogP contribution in [0.5, 0.6) is 0 Å². The molecular formula is C11H16OS2. The Kier molecular flexibility index (Phi) is 6.15. The number of aliphatic hydroxyl groups is 1. The molecule has 0 aliphatic rings. The van der Waals surface area contributed by atoms with Crippen molar-refractivity contribution in [1.82, 2.24) is 0 Å². The van der Waals surface area contributed by atoms with Crippen LogP contribution in [0.15, 0.2) is 29.2 Å². The van der Waals surface area contributed by atoms with E-state index in [1.165, 1.54) is 10.5 Å². The topological polar surface area (TPSA) is 20.2 Å². The fourth-order valence-corrected chi connectivity index (χ4v) is 2.72. The number of aliphatic hydroxyl groups excluding tert-OH is 1. The summed E-state index contributed by atoms with van der Waals surface area (Å²) < 4.78 is 0. The number of rotatable bonds is 6. The summed E-state index contributed by atoms with van der Waals surface area (Å²) in [6.07, 6.45) is 0. The Hall–Kier alpha value is -0.120. The quantitative estimate of drug-likeness (QED) is 0.597. The fraction of sp³-hybridized carbons (Fsp3) is 0.455. The first-order valence-electron chi connectivity index (χ1n) is 4.71. The smallest absolute Gasteiger partial charge is 0.0521 e. The van der Waals surface area contributed by atoms with Crippen LogP contribution in [0.25, 0.3) is 0 Å². The number of benzene rings is 1. The lowest BCUT2D eigenvalue weighted by Gasteiger charge is -2.01. The highest BCUT2D eigenvalue weighted by Crippen LogP contribution is 2.19. The third kappa shape index (κ3) is 4.94. The van der Waals surface area contributed by atoms with Crippen molar-refractivity contribution in [2.75, 3.05) is 23.9 Å². The van der Waals surface area contributed by atoms with E-state index in [2.05, 4.69) is 31.2 Å². The van der Waals surface area contributed by atoms with Crippen molar-refractivity contribution in [3.05, 3.63) is 29.8 Å². The number of hydrogen-bond acceptors (Lipinski definition) is 3. The lowest BCUT2D eigenvalue weighted by atomic mass is 10.2. The zero-order valence-electron chi connectivity index (χ0n) is 8.40. The summed E-state index contributed by atoms with van der Waals surface area (Å²) in [7, 11) is 0.